The van der Waals surface area contributed by atoms with Crippen LogP contribution in [0.15, 0.2) is 18.2 Å². The number of alkyl halides is 6. The molecular formula is C23H30Cl3F3N4O5S. The van der Waals surface area contributed by atoms with E-state index in [0.29, 0.717) is 36.3 Å². The minimum absolute atomic E-state index is 0.0351. The van der Waals surface area contributed by atoms with Gasteiger partial charge in [0.05, 0.1) is 12.2 Å². The van der Waals surface area contributed by atoms with Crippen molar-refractivity contribution in [3.8, 4) is 0 Å². The van der Waals surface area contributed by atoms with Gasteiger partial charge in [0.25, 0.3) is 3.79 Å². The lowest BCUT2D eigenvalue weighted by atomic mass is 10.2. The van der Waals surface area contributed by atoms with E-state index < -0.39 is 43.3 Å². The number of nitrogens with one attached hydrogen (secondary N) is 1. The molecule has 0 saturated heterocycles. The van der Waals surface area contributed by atoms with Crippen LogP contribution in [0.4, 0.5) is 18.0 Å². The molecule has 0 aliphatic carbocycles. The second-order valence-electron chi connectivity index (χ2n) is 9.60. The predicted octanol–water partition coefficient (Wildman–Crippen LogP) is 5.80. The van der Waals surface area contributed by atoms with Crippen molar-refractivity contribution >= 4 is 62.3 Å². The molecule has 0 aromatic carbocycles. The number of imidazole rings is 1. The highest BCUT2D eigenvalue weighted by molar-refractivity contribution is 7.90. The molecule has 0 aliphatic rings. The Bertz CT molecular complexity index is 1290. The number of fused-ring (bicyclic) bond motifs is 1. The topological polar surface area (TPSA) is 110 Å². The van der Waals surface area contributed by atoms with Crippen LogP contribution in [0.25, 0.3) is 5.65 Å². The van der Waals surface area contributed by atoms with Gasteiger partial charge in [-0.2, -0.15) is 13.2 Å². The van der Waals surface area contributed by atoms with Crippen LogP contribution >= 0.6 is 34.8 Å². The molecule has 220 valence electrons. The molecule has 0 unspecified atom stereocenters. The molecule has 0 atom stereocenters. The molecule has 39 heavy (non-hydrogen) atoms. The highest BCUT2D eigenvalue weighted by Crippen LogP contribution is 2.33. The average Bonchev–Trinajstić information content (AvgIpc) is 3.16. The first kappa shape index (κ1) is 33.4. The van der Waals surface area contributed by atoms with E-state index in [1.54, 1.807) is 45.9 Å². The lowest BCUT2D eigenvalue weighted by Gasteiger charge is -2.28. The lowest BCUT2D eigenvalue weighted by Crippen LogP contribution is -2.38. The van der Waals surface area contributed by atoms with E-state index in [1.165, 1.54) is 14.0 Å². The number of rotatable bonds is 11. The standard InChI is InChI=1S/C23H30Cl3F3N4O5S/c1-5-16-18(19(34)22(24,25)26)33-15(10-9-11-17(33)31-16)14-32(20(35)38-21(2,3)4)13-8-6-7-12-30-39(36,37)23(27,28)29/h9-11,30H,5-8,12-14H2,1-4H3. The molecule has 2 aromatic rings. The van der Waals surface area contributed by atoms with Gasteiger partial charge < -0.3 is 9.64 Å². The van der Waals surface area contributed by atoms with Crippen LogP contribution in [0.3, 0.4) is 0 Å². The van der Waals surface area contributed by atoms with Crippen LogP contribution in [0.5, 0.6) is 0 Å². The number of aromatic nitrogens is 2. The number of aryl methyl sites for hydroxylation is 1. The molecular weight excluding hydrogens is 608 g/mol. The normalized spacial score (nSPS) is 13.1. The van der Waals surface area contributed by atoms with E-state index in [1.807, 2.05) is 0 Å². The van der Waals surface area contributed by atoms with Gasteiger partial charge in [0, 0.05) is 18.8 Å². The van der Waals surface area contributed by atoms with E-state index in [9.17, 15) is 31.2 Å². The van der Waals surface area contributed by atoms with Gasteiger partial charge in [-0.3, -0.25) is 9.20 Å². The molecule has 2 heterocycles. The predicted molar refractivity (Wildman–Crippen MR) is 143 cm³/mol. The Kier molecular flexibility index (Phi) is 11.0. The Hall–Kier alpha value is -1.80. The summed E-state index contributed by atoms with van der Waals surface area (Å²) in [5, 5.41) is 0. The van der Waals surface area contributed by atoms with E-state index in [4.69, 9.17) is 39.5 Å². The Morgan fingerprint density at radius 3 is 2.28 bits per heavy atom. The molecule has 0 aliphatic heterocycles. The number of halogens is 6. The summed E-state index contributed by atoms with van der Waals surface area (Å²) >= 11 is 17.7. The Morgan fingerprint density at radius 2 is 1.74 bits per heavy atom. The minimum atomic E-state index is -5.42. The maximum absolute atomic E-state index is 13.0. The third kappa shape index (κ3) is 9.10. The van der Waals surface area contributed by atoms with Gasteiger partial charge >= 0.3 is 21.6 Å². The third-order valence-corrected chi connectivity index (χ3v) is 7.02. The molecule has 1 amide bonds. The summed E-state index contributed by atoms with van der Waals surface area (Å²) in [7, 11) is -5.42. The number of ketones is 1. The number of hydrogen-bond donors (Lipinski definition) is 1. The van der Waals surface area contributed by atoms with Gasteiger partial charge in [-0.25, -0.2) is 22.9 Å². The Balaban J connectivity index is 2.28. The molecule has 9 nitrogen and oxygen atoms in total. The minimum Gasteiger partial charge on any atom is -0.444 e. The van der Waals surface area contributed by atoms with Gasteiger partial charge in [0.2, 0.25) is 5.78 Å². The van der Waals surface area contributed by atoms with Gasteiger partial charge in [-0.05, 0) is 52.2 Å². The molecule has 0 fully saturated rings. The van der Waals surface area contributed by atoms with Crippen LogP contribution in [0.2, 0.25) is 0 Å². The summed E-state index contributed by atoms with van der Waals surface area (Å²) in [4.78, 5) is 31.9. The first-order chi connectivity index (χ1) is 17.8. The van der Waals surface area contributed by atoms with Crippen LogP contribution in [-0.4, -0.2) is 62.6 Å². The summed E-state index contributed by atoms with van der Waals surface area (Å²) < 4.78 is 65.9. The SMILES string of the molecule is CCc1nc2cccc(CN(CCCCCNS(=O)(=O)C(F)(F)F)C(=O)OC(C)(C)C)n2c1C(=O)C(Cl)(Cl)Cl. The van der Waals surface area contributed by atoms with Gasteiger partial charge in [0.15, 0.2) is 0 Å². The zero-order valence-corrected chi connectivity index (χ0v) is 24.8. The van der Waals surface area contributed by atoms with Gasteiger partial charge in [0.1, 0.15) is 16.9 Å². The van der Waals surface area contributed by atoms with Crippen molar-refractivity contribution in [2.45, 2.75) is 74.8 Å². The largest absolute Gasteiger partial charge is 0.511 e. The van der Waals surface area contributed by atoms with E-state index in [-0.39, 0.29) is 25.2 Å². The molecule has 2 aromatic heterocycles. The monoisotopic (exact) mass is 636 g/mol. The number of pyridine rings is 1. The van der Waals surface area contributed by atoms with Crippen LogP contribution in [0, 0.1) is 0 Å². The fraction of sp³-hybridized carbons (Fsp3) is 0.609. The molecule has 0 saturated carbocycles. The highest BCUT2D eigenvalue weighted by atomic mass is 35.6. The number of ether oxygens (including phenoxy) is 1. The number of amides is 1. The van der Waals surface area contributed by atoms with Crippen LogP contribution in [-0.2, 0) is 27.7 Å². The fourth-order valence-corrected chi connectivity index (χ4v) is 4.44. The van der Waals surface area contributed by atoms with Crippen molar-refractivity contribution in [1.82, 2.24) is 19.0 Å². The summed E-state index contributed by atoms with van der Waals surface area (Å²) in [5.74, 6) is -0.783. The summed E-state index contributed by atoms with van der Waals surface area (Å²) in [6.45, 7) is 6.55. The van der Waals surface area contributed by atoms with Crippen molar-refractivity contribution in [2.75, 3.05) is 13.1 Å². The fourth-order valence-electron chi connectivity index (χ4n) is 3.59. The maximum atomic E-state index is 13.0. The molecule has 2 rings (SSSR count). The summed E-state index contributed by atoms with van der Waals surface area (Å²) in [6, 6.07) is 5.03. The van der Waals surface area contributed by atoms with E-state index >= 15 is 0 Å². The number of nitrogens with zero attached hydrogens (tertiary/aromatic N) is 3. The number of unbranched alkanes of at least 4 members (excludes halogenated alkanes) is 2. The van der Waals surface area contributed by atoms with Crippen molar-refractivity contribution in [3.05, 3.63) is 35.3 Å². The molecule has 0 bridgehead atoms. The smallest absolute Gasteiger partial charge is 0.444 e. The number of carbonyl (C=O) groups excluding carboxylic acids is 2. The van der Waals surface area contributed by atoms with Gasteiger partial charge in [-0.15, -0.1) is 0 Å². The highest BCUT2D eigenvalue weighted by Gasteiger charge is 2.45. The number of hydrogen-bond acceptors (Lipinski definition) is 6. The van der Waals surface area contributed by atoms with Crippen molar-refractivity contribution in [3.63, 3.8) is 0 Å². The van der Waals surface area contributed by atoms with Crippen molar-refractivity contribution < 1.29 is 35.9 Å². The zero-order valence-electron chi connectivity index (χ0n) is 21.7. The first-order valence-electron chi connectivity index (χ1n) is 11.9. The van der Waals surface area contributed by atoms with E-state index in [2.05, 4.69) is 4.98 Å². The molecule has 1 N–H and O–H groups in total. The second kappa shape index (κ2) is 12.8. The summed E-state index contributed by atoms with van der Waals surface area (Å²) in [6.07, 6.45) is 0.453. The quantitative estimate of drug-likeness (QED) is 0.190. The van der Waals surface area contributed by atoms with Crippen LogP contribution in [0.1, 0.15) is 68.8 Å². The zero-order chi connectivity index (χ0) is 29.8. The molecule has 0 radical (unpaired) electrons. The van der Waals surface area contributed by atoms with Gasteiger partial charge in [-0.1, -0.05) is 54.2 Å². The molecule has 0 spiro atoms. The molecule has 16 heteroatoms. The van der Waals surface area contributed by atoms with Crippen LogP contribution < -0.4 is 4.72 Å². The van der Waals surface area contributed by atoms with Crippen molar-refractivity contribution in [1.29, 1.82) is 0 Å². The Morgan fingerprint density at radius 1 is 1.10 bits per heavy atom. The number of carbonyl (C=O) groups is 2. The maximum Gasteiger partial charge on any atom is 0.511 e. The lowest BCUT2D eigenvalue weighted by molar-refractivity contribution is -0.0447. The Labute approximate surface area is 240 Å². The van der Waals surface area contributed by atoms with E-state index in [0.717, 1.165) is 0 Å². The number of Topliss-reactive ketones (excluding diaryl/α,β-unsaturated/α-hetero) is 1. The average molecular weight is 638 g/mol. The third-order valence-electron chi connectivity index (χ3n) is 5.31. The van der Waals surface area contributed by atoms with Crippen molar-refractivity contribution in [2.24, 2.45) is 0 Å². The number of sulfonamides is 1. The summed E-state index contributed by atoms with van der Waals surface area (Å²) in [5.41, 5.74) is -4.85. The second-order valence-corrected chi connectivity index (χ2v) is 13.6. The first-order valence-corrected chi connectivity index (χ1v) is 14.5.